The summed E-state index contributed by atoms with van der Waals surface area (Å²) in [5, 5.41) is 15.8. The van der Waals surface area contributed by atoms with E-state index in [1.54, 1.807) is 13.2 Å². The maximum absolute atomic E-state index is 9.42. The van der Waals surface area contributed by atoms with Gasteiger partial charge in [-0.2, -0.15) is 0 Å². The van der Waals surface area contributed by atoms with Crippen LogP contribution in [-0.4, -0.2) is 28.5 Å². The van der Waals surface area contributed by atoms with Crippen LogP contribution in [0.2, 0.25) is 0 Å². The Morgan fingerprint density at radius 1 is 0.889 bits per heavy atom. The number of anilines is 2. The van der Waals surface area contributed by atoms with Crippen LogP contribution < -0.4 is 15.4 Å². The van der Waals surface area contributed by atoms with Crippen molar-refractivity contribution in [1.29, 1.82) is 0 Å². The van der Waals surface area contributed by atoms with Crippen molar-refractivity contribution in [2.75, 3.05) is 30.8 Å². The number of nitrogens with one attached hydrogen (secondary N) is 2. The highest BCUT2D eigenvalue weighted by Crippen LogP contribution is 2.36. The summed E-state index contributed by atoms with van der Waals surface area (Å²) in [5.41, 5.74) is 4.58. The van der Waals surface area contributed by atoms with Crippen LogP contribution in [0.5, 0.6) is 11.5 Å². The average molecular weight is 693 g/mol. The van der Waals surface area contributed by atoms with Crippen molar-refractivity contribution < 1.29 is 9.84 Å². The maximum Gasteiger partial charge on any atom is 0.369 e. The minimum Gasteiger partial charge on any atom is -0.506 e. The lowest BCUT2D eigenvalue weighted by Gasteiger charge is -2.07. The lowest BCUT2D eigenvalue weighted by Crippen LogP contribution is -1.94. The van der Waals surface area contributed by atoms with Gasteiger partial charge in [-0.25, -0.2) is 0 Å². The number of phenolic OH excluding ortho intramolecular Hbond substituents is 1. The fraction of sp³-hybridized carbons (Fsp3) is 0.294. The number of rotatable bonds is 1. The lowest BCUT2D eigenvalue weighted by atomic mass is 10.1. The molecule has 10 heteroatoms. The van der Waals surface area contributed by atoms with E-state index in [0.29, 0.717) is 5.75 Å². The van der Waals surface area contributed by atoms with Gasteiger partial charge >= 0.3 is 3.18 Å². The fourth-order valence-corrected chi connectivity index (χ4v) is 3.87. The molecule has 0 bridgehead atoms. The van der Waals surface area contributed by atoms with Crippen LogP contribution in [0.3, 0.4) is 0 Å². The molecule has 2 aromatic rings. The van der Waals surface area contributed by atoms with E-state index in [1.165, 1.54) is 11.1 Å². The average Bonchev–Trinajstić information content (AvgIpc) is 3.22. The Morgan fingerprint density at radius 2 is 1.37 bits per heavy atom. The molecule has 2 heterocycles. The zero-order chi connectivity index (χ0) is 20.0. The third-order valence-corrected chi connectivity index (χ3v) is 4.84. The Morgan fingerprint density at radius 3 is 1.93 bits per heavy atom. The molecule has 146 valence electrons. The van der Waals surface area contributed by atoms with Gasteiger partial charge in [0.1, 0.15) is 11.5 Å². The van der Waals surface area contributed by atoms with E-state index >= 15 is 0 Å². The van der Waals surface area contributed by atoms with Crippen molar-refractivity contribution in [3.8, 4) is 11.5 Å². The molecule has 0 atom stereocenters. The normalized spacial score (nSPS) is 13.0. The lowest BCUT2D eigenvalue weighted by molar-refractivity contribution is 0.416. The number of fused-ring (bicyclic) bond motifs is 2. The highest BCUT2D eigenvalue weighted by atomic mass is 79.9. The first kappa shape index (κ1) is 23.4. The van der Waals surface area contributed by atoms with E-state index < -0.39 is 0 Å². The van der Waals surface area contributed by atoms with Crippen molar-refractivity contribution in [3.05, 3.63) is 44.3 Å². The van der Waals surface area contributed by atoms with Crippen molar-refractivity contribution in [1.82, 2.24) is 0 Å². The van der Waals surface area contributed by atoms with Crippen molar-refractivity contribution in [2.45, 2.75) is 12.8 Å². The van der Waals surface area contributed by atoms with E-state index in [4.69, 9.17) is 4.74 Å². The molecule has 27 heavy (non-hydrogen) atoms. The van der Waals surface area contributed by atoms with Gasteiger partial charge in [0.05, 0.1) is 18.5 Å². The molecular formula is C17H18BBr5N2O2. The van der Waals surface area contributed by atoms with Gasteiger partial charge in [-0.3, -0.25) is 0 Å². The van der Waals surface area contributed by atoms with Gasteiger partial charge in [0.2, 0.25) is 0 Å². The summed E-state index contributed by atoms with van der Waals surface area (Å²) in [6, 6.07) is 7.86. The van der Waals surface area contributed by atoms with Gasteiger partial charge in [-0.1, -0.05) is 31.9 Å². The van der Waals surface area contributed by atoms with Crippen molar-refractivity contribution in [3.63, 3.8) is 0 Å². The molecule has 0 aromatic heterocycles. The van der Waals surface area contributed by atoms with Crippen LogP contribution in [0.1, 0.15) is 11.1 Å². The number of hydrogen-bond acceptors (Lipinski definition) is 4. The van der Waals surface area contributed by atoms with E-state index in [-0.39, 0.29) is 3.18 Å². The SMILES string of the molecule is BrB(Br)Br.COc1cc(Br)cc2c1NCC2.Oc1cc(Br)cc2c1NCC2. The molecule has 2 aromatic carbocycles. The van der Waals surface area contributed by atoms with Crippen molar-refractivity contribution >= 4 is 93.7 Å². The Kier molecular flexibility index (Phi) is 9.81. The van der Waals surface area contributed by atoms with Crippen LogP contribution in [-0.2, 0) is 12.8 Å². The number of phenols is 1. The van der Waals surface area contributed by atoms with Gasteiger partial charge in [0.15, 0.2) is 0 Å². The minimum atomic E-state index is 0.271. The Bertz CT molecular complexity index is 790. The summed E-state index contributed by atoms with van der Waals surface area (Å²) in [6.45, 7) is 1.95. The summed E-state index contributed by atoms with van der Waals surface area (Å²) in [6.07, 6.45) is 2.09. The van der Waals surface area contributed by atoms with E-state index in [2.05, 4.69) is 95.8 Å². The third-order valence-electron chi connectivity index (χ3n) is 3.92. The summed E-state index contributed by atoms with van der Waals surface area (Å²) < 4.78 is 7.54. The molecule has 0 spiro atoms. The van der Waals surface area contributed by atoms with Crippen LogP contribution in [0, 0.1) is 0 Å². The number of aromatic hydroxyl groups is 1. The molecule has 0 saturated carbocycles. The molecule has 0 saturated heterocycles. The second kappa shape index (κ2) is 11.3. The molecule has 3 N–H and O–H groups in total. The Hall–Kier alpha value is 0.105. The molecule has 2 aliphatic heterocycles. The van der Waals surface area contributed by atoms with E-state index in [9.17, 15) is 5.11 Å². The third kappa shape index (κ3) is 7.14. The maximum atomic E-state index is 9.42. The number of benzene rings is 2. The molecule has 4 rings (SSSR count). The van der Waals surface area contributed by atoms with Gasteiger partial charge in [0, 0.05) is 22.0 Å². The summed E-state index contributed by atoms with van der Waals surface area (Å²) >= 11 is 16.1. The molecule has 0 aliphatic carbocycles. The molecule has 4 nitrogen and oxygen atoms in total. The first-order valence-corrected chi connectivity index (χ1v) is 12.4. The Labute approximate surface area is 201 Å². The van der Waals surface area contributed by atoms with Gasteiger partial charge < -0.3 is 20.5 Å². The molecular weight excluding hydrogens is 675 g/mol. The molecule has 0 amide bonds. The second-order valence-corrected chi connectivity index (χ2v) is 14.0. The zero-order valence-electron chi connectivity index (χ0n) is 14.5. The predicted octanol–water partition coefficient (Wildman–Crippen LogP) is 6.70. The fourth-order valence-electron chi connectivity index (χ4n) is 2.89. The van der Waals surface area contributed by atoms with E-state index in [0.717, 1.165) is 52.0 Å². The second-order valence-electron chi connectivity index (χ2n) is 5.70. The summed E-state index contributed by atoms with van der Waals surface area (Å²) in [4.78, 5) is 0. The van der Waals surface area contributed by atoms with E-state index in [1.807, 2.05) is 12.1 Å². The van der Waals surface area contributed by atoms with Crippen LogP contribution >= 0.6 is 79.1 Å². The van der Waals surface area contributed by atoms with Crippen LogP contribution in [0.15, 0.2) is 33.2 Å². The predicted molar refractivity (Wildman–Crippen MR) is 133 cm³/mol. The van der Waals surface area contributed by atoms with Crippen molar-refractivity contribution in [2.24, 2.45) is 0 Å². The minimum absolute atomic E-state index is 0.271. The smallest absolute Gasteiger partial charge is 0.369 e. The molecule has 0 fully saturated rings. The molecule has 0 radical (unpaired) electrons. The highest BCUT2D eigenvalue weighted by molar-refractivity contribution is 9.69. The summed E-state index contributed by atoms with van der Waals surface area (Å²) in [7, 11) is 1.70. The summed E-state index contributed by atoms with van der Waals surface area (Å²) in [5.74, 6) is 1.27. The first-order chi connectivity index (χ1) is 12.8. The van der Waals surface area contributed by atoms with Gasteiger partial charge in [-0.05, 0) is 48.2 Å². The number of methoxy groups -OCH3 is 1. The molecule has 0 unspecified atom stereocenters. The molecule has 2 aliphatic rings. The van der Waals surface area contributed by atoms with Gasteiger partial charge in [-0.15, -0.1) is 47.3 Å². The topological polar surface area (TPSA) is 53.5 Å². The van der Waals surface area contributed by atoms with Crippen LogP contribution in [0.25, 0.3) is 0 Å². The zero-order valence-corrected chi connectivity index (χ0v) is 22.4. The highest BCUT2D eigenvalue weighted by Gasteiger charge is 2.15. The largest absolute Gasteiger partial charge is 0.506 e. The quantitative estimate of drug-likeness (QED) is 0.230. The monoisotopic (exact) mass is 688 g/mol. The first-order valence-electron chi connectivity index (χ1n) is 8.09. The van der Waals surface area contributed by atoms with Crippen LogP contribution in [0.4, 0.5) is 11.4 Å². The standard InChI is InChI=1S/C9H10BrNO.C8H8BrNO.BBr3/c1-12-8-5-7(10)4-6-2-3-11-9(6)8;9-6-3-5-1-2-10-8(5)7(11)4-6;2-1(3)4/h4-5,11H,2-3H2,1H3;3-4,10-11H,1-2H2;. The van der Waals surface area contributed by atoms with Gasteiger partial charge in [0.25, 0.3) is 0 Å². The number of ether oxygens (including phenoxy) is 1. The number of halogens is 5. The Balaban J connectivity index is 0.000000163. The number of hydrogen-bond donors (Lipinski definition) is 3.